The smallest absolute Gasteiger partial charge is 0.212 e. The van der Waals surface area contributed by atoms with Crippen molar-refractivity contribution in [3.63, 3.8) is 0 Å². The zero-order valence-corrected chi connectivity index (χ0v) is 11.6. The number of rotatable bonds is 5. The van der Waals surface area contributed by atoms with Crippen LogP contribution in [0, 0.1) is 5.41 Å². The van der Waals surface area contributed by atoms with Crippen molar-refractivity contribution in [3.05, 3.63) is 0 Å². The Labute approximate surface area is 105 Å². The molecule has 0 aromatic heterocycles. The highest BCUT2D eigenvalue weighted by atomic mass is 35.5. The highest BCUT2D eigenvalue weighted by Crippen LogP contribution is 2.23. The van der Waals surface area contributed by atoms with Crippen molar-refractivity contribution < 1.29 is 21.6 Å². The van der Waals surface area contributed by atoms with Gasteiger partial charge in [-0.1, -0.05) is 20.8 Å². The van der Waals surface area contributed by atoms with E-state index in [9.17, 15) is 21.6 Å². The molecule has 8 heteroatoms. The van der Waals surface area contributed by atoms with Gasteiger partial charge in [0.25, 0.3) is 0 Å². The summed E-state index contributed by atoms with van der Waals surface area (Å²) in [7, 11) is -3.95. The lowest BCUT2D eigenvalue weighted by Gasteiger charge is -2.26. The van der Waals surface area contributed by atoms with E-state index < -0.39 is 28.2 Å². The second kappa shape index (κ2) is 5.75. The molecule has 0 heterocycles. The molecule has 0 atom stereocenters. The van der Waals surface area contributed by atoms with Crippen molar-refractivity contribution in [2.45, 2.75) is 26.9 Å². The van der Waals surface area contributed by atoms with E-state index in [1.807, 2.05) is 0 Å². The van der Waals surface area contributed by atoms with E-state index in [2.05, 4.69) is 0 Å². The Morgan fingerprint density at radius 3 is 1.94 bits per heavy atom. The zero-order chi connectivity index (χ0) is 13.9. The molecule has 0 spiro atoms. The first-order chi connectivity index (χ1) is 7.37. The molecule has 0 aromatic carbocycles. The molecule has 0 fully saturated rings. The first-order valence-electron chi connectivity index (χ1n) is 4.98. The van der Waals surface area contributed by atoms with Crippen molar-refractivity contribution in [1.29, 1.82) is 0 Å². The summed E-state index contributed by atoms with van der Waals surface area (Å²) >= 11 is 5.33. The minimum Gasteiger partial charge on any atom is -0.212 e. The molecular weight excluding hydrogens is 279 g/mol. The molecule has 0 saturated carbocycles. The Hall–Kier alpha value is -0.0100. The predicted molar refractivity (Wildman–Crippen MR) is 61.6 cm³/mol. The van der Waals surface area contributed by atoms with Crippen molar-refractivity contribution in [2.75, 3.05) is 24.7 Å². The minimum atomic E-state index is -4.56. The SMILES string of the molecule is CC(C)(C)CS(=O)(=O)N(CCCl)CC(F)(F)F. The number of hydrogen-bond acceptors (Lipinski definition) is 2. The highest BCUT2D eigenvalue weighted by molar-refractivity contribution is 7.89. The second-order valence-electron chi connectivity index (χ2n) is 4.95. The van der Waals surface area contributed by atoms with E-state index in [0.29, 0.717) is 4.31 Å². The van der Waals surface area contributed by atoms with Crippen LogP contribution >= 0.6 is 11.6 Å². The van der Waals surface area contributed by atoms with Gasteiger partial charge < -0.3 is 0 Å². The Morgan fingerprint density at radius 1 is 1.18 bits per heavy atom. The van der Waals surface area contributed by atoms with Gasteiger partial charge in [-0.2, -0.15) is 17.5 Å². The van der Waals surface area contributed by atoms with Crippen LogP contribution in [0.3, 0.4) is 0 Å². The molecule has 17 heavy (non-hydrogen) atoms. The molecule has 104 valence electrons. The zero-order valence-electron chi connectivity index (χ0n) is 10.0. The summed E-state index contributed by atoms with van der Waals surface area (Å²) in [6, 6.07) is 0. The van der Waals surface area contributed by atoms with Gasteiger partial charge in [0.2, 0.25) is 10.0 Å². The van der Waals surface area contributed by atoms with Crippen LogP contribution in [0.25, 0.3) is 0 Å². The van der Waals surface area contributed by atoms with Gasteiger partial charge in [0, 0.05) is 12.4 Å². The summed E-state index contributed by atoms with van der Waals surface area (Å²) in [5.74, 6) is -0.508. The number of halogens is 4. The summed E-state index contributed by atoms with van der Waals surface area (Å²) in [6.45, 7) is 3.13. The Kier molecular flexibility index (Phi) is 5.75. The van der Waals surface area contributed by atoms with Crippen molar-refractivity contribution in [2.24, 2.45) is 5.41 Å². The van der Waals surface area contributed by atoms with Gasteiger partial charge in [-0.15, -0.1) is 11.6 Å². The molecule has 0 aliphatic rings. The summed E-state index contributed by atoms with van der Waals surface area (Å²) in [5, 5.41) is 0. The van der Waals surface area contributed by atoms with E-state index in [1.54, 1.807) is 20.8 Å². The van der Waals surface area contributed by atoms with Crippen LogP contribution in [0.2, 0.25) is 0 Å². The maximum Gasteiger partial charge on any atom is 0.402 e. The van der Waals surface area contributed by atoms with Gasteiger partial charge in [0.05, 0.1) is 5.75 Å². The molecular formula is C9H17ClF3NO2S. The third kappa shape index (κ3) is 7.83. The van der Waals surface area contributed by atoms with Crippen molar-refractivity contribution in [3.8, 4) is 0 Å². The van der Waals surface area contributed by atoms with Crippen LogP contribution in [0.5, 0.6) is 0 Å². The highest BCUT2D eigenvalue weighted by Gasteiger charge is 2.37. The van der Waals surface area contributed by atoms with Crippen LogP contribution < -0.4 is 0 Å². The maximum absolute atomic E-state index is 12.2. The van der Waals surface area contributed by atoms with Crippen LogP contribution in [-0.2, 0) is 10.0 Å². The second-order valence-corrected chi connectivity index (χ2v) is 7.30. The standard InChI is InChI=1S/C9H17ClF3NO2S/c1-8(2,3)7-17(15,16)14(5-4-10)6-9(11,12)13/h4-7H2,1-3H3. The average Bonchev–Trinajstić information content (AvgIpc) is 1.95. The molecule has 3 nitrogen and oxygen atoms in total. The number of nitrogens with zero attached hydrogens (tertiary/aromatic N) is 1. The van der Waals surface area contributed by atoms with Gasteiger partial charge in [-0.3, -0.25) is 0 Å². The van der Waals surface area contributed by atoms with Gasteiger partial charge in [0.1, 0.15) is 6.54 Å². The van der Waals surface area contributed by atoms with E-state index in [1.165, 1.54) is 0 Å². The van der Waals surface area contributed by atoms with Gasteiger partial charge in [0.15, 0.2) is 0 Å². The summed E-state index contributed by atoms with van der Waals surface area (Å²) in [6.07, 6.45) is -4.56. The van der Waals surface area contributed by atoms with Gasteiger partial charge in [-0.05, 0) is 5.41 Å². The fraction of sp³-hybridized carbons (Fsp3) is 1.00. The lowest BCUT2D eigenvalue weighted by atomic mass is 10.0. The largest absolute Gasteiger partial charge is 0.402 e. The van der Waals surface area contributed by atoms with Crippen molar-refractivity contribution >= 4 is 21.6 Å². The average molecular weight is 296 g/mol. The molecule has 0 bridgehead atoms. The van der Waals surface area contributed by atoms with Crippen LogP contribution in [0.15, 0.2) is 0 Å². The van der Waals surface area contributed by atoms with Gasteiger partial charge in [-0.25, -0.2) is 8.42 Å². The molecule has 0 saturated heterocycles. The van der Waals surface area contributed by atoms with E-state index in [-0.39, 0.29) is 18.2 Å². The lowest BCUT2D eigenvalue weighted by molar-refractivity contribution is -0.135. The number of hydrogen-bond donors (Lipinski definition) is 0. The fourth-order valence-corrected chi connectivity index (χ4v) is 3.54. The number of alkyl halides is 4. The monoisotopic (exact) mass is 295 g/mol. The third-order valence-corrected chi connectivity index (χ3v) is 4.20. The normalized spacial score (nSPS) is 14.4. The van der Waals surface area contributed by atoms with Crippen LogP contribution in [0.1, 0.15) is 20.8 Å². The van der Waals surface area contributed by atoms with E-state index in [0.717, 1.165) is 0 Å². The van der Waals surface area contributed by atoms with Crippen molar-refractivity contribution in [1.82, 2.24) is 4.31 Å². The van der Waals surface area contributed by atoms with E-state index in [4.69, 9.17) is 11.6 Å². The molecule has 0 N–H and O–H groups in total. The summed E-state index contributed by atoms with van der Waals surface area (Å²) < 4.78 is 60.7. The van der Waals surface area contributed by atoms with E-state index >= 15 is 0 Å². The Balaban J connectivity index is 4.93. The molecule has 0 unspecified atom stereocenters. The number of sulfonamides is 1. The van der Waals surface area contributed by atoms with Crippen LogP contribution in [-0.4, -0.2) is 43.6 Å². The molecule has 0 aliphatic carbocycles. The summed E-state index contributed by atoms with van der Waals surface area (Å²) in [4.78, 5) is 0. The van der Waals surface area contributed by atoms with Gasteiger partial charge >= 0.3 is 6.18 Å². The topological polar surface area (TPSA) is 37.4 Å². The minimum absolute atomic E-state index is 0.167. The summed E-state index contributed by atoms with van der Waals surface area (Å²) in [5.41, 5.74) is -0.602. The fourth-order valence-electron chi connectivity index (χ4n) is 1.25. The maximum atomic E-state index is 12.2. The predicted octanol–water partition coefficient (Wildman–Crippen LogP) is 2.47. The first-order valence-corrected chi connectivity index (χ1v) is 7.12. The van der Waals surface area contributed by atoms with Crippen LogP contribution in [0.4, 0.5) is 13.2 Å². The quantitative estimate of drug-likeness (QED) is 0.731. The molecule has 0 aromatic rings. The first kappa shape index (κ1) is 17.0. The molecule has 0 amide bonds. The third-order valence-electron chi connectivity index (χ3n) is 1.70. The Bertz CT molecular complexity index is 335. The lowest BCUT2D eigenvalue weighted by Crippen LogP contribution is -2.43. The molecule has 0 aliphatic heterocycles. The molecule has 0 radical (unpaired) electrons. The Morgan fingerprint density at radius 2 is 1.65 bits per heavy atom. The molecule has 0 rings (SSSR count).